The second-order valence-electron chi connectivity index (χ2n) is 7.32. The van der Waals surface area contributed by atoms with Gasteiger partial charge in [-0.05, 0) is 25.7 Å². The highest BCUT2D eigenvalue weighted by atomic mass is 35.5. The van der Waals surface area contributed by atoms with Gasteiger partial charge < -0.3 is 20.4 Å². The molecule has 2 bridgehead atoms. The molecule has 0 unspecified atom stereocenters. The van der Waals surface area contributed by atoms with Crippen molar-refractivity contribution >= 4 is 23.5 Å². The minimum atomic E-state index is -0.0367. The van der Waals surface area contributed by atoms with Gasteiger partial charge in [-0.3, -0.25) is 4.79 Å². The molecular formula is C15H23ClN4O2. The predicted octanol–water partition coefficient (Wildman–Crippen LogP) is 0.506. The Balaban J connectivity index is 1.34. The van der Waals surface area contributed by atoms with Crippen LogP contribution in [0.25, 0.3) is 0 Å². The average molecular weight is 327 g/mol. The molecule has 6 nitrogen and oxygen atoms in total. The summed E-state index contributed by atoms with van der Waals surface area (Å²) in [6.07, 6.45) is 4.00. The van der Waals surface area contributed by atoms with E-state index < -0.39 is 0 Å². The molecule has 122 valence electrons. The highest BCUT2D eigenvalue weighted by Gasteiger charge is 2.73. The smallest absolute Gasteiger partial charge is 0.320 e. The number of nitrogens with one attached hydrogen (secondary N) is 2. The lowest BCUT2D eigenvalue weighted by atomic mass is 9.43. The number of carbonyl (C=O) groups is 2. The Bertz CT molecular complexity index is 492. The highest BCUT2D eigenvalue weighted by Crippen LogP contribution is 2.64. The molecule has 2 saturated heterocycles. The van der Waals surface area contributed by atoms with Gasteiger partial charge >= 0.3 is 6.03 Å². The number of rotatable bonds is 5. The fourth-order valence-corrected chi connectivity index (χ4v) is 4.89. The number of piperazine rings is 1. The van der Waals surface area contributed by atoms with Crippen LogP contribution in [0.15, 0.2) is 0 Å². The second-order valence-corrected chi connectivity index (χ2v) is 7.70. The standard InChI is InChI=1S/C15H23ClN4O2/c16-3-1-2-12(21)18-14-8-15(9-14,10-14)20-7-11-6-17-4-5-19(11)13(20)22/h11,17H,1-10H2,(H,18,21)/t11-,14?,15?/m1/s1. The molecule has 5 rings (SSSR count). The Labute approximate surface area is 135 Å². The lowest BCUT2D eigenvalue weighted by molar-refractivity contribution is -0.165. The largest absolute Gasteiger partial charge is 0.350 e. The van der Waals surface area contributed by atoms with Crippen LogP contribution in [0.5, 0.6) is 0 Å². The first-order valence-corrected chi connectivity index (χ1v) is 8.77. The summed E-state index contributed by atoms with van der Waals surface area (Å²) in [5.74, 6) is 0.626. The molecule has 5 aliphatic rings. The monoisotopic (exact) mass is 326 g/mol. The van der Waals surface area contributed by atoms with Gasteiger partial charge in [-0.15, -0.1) is 11.6 Å². The van der Waals surface area contributed by atoms with Crippen molar-refractivity contribution in [2.45, 2.75) is 49.2 Å². The molecule has 0 aromatic carbocycles. The summed E-state index contributed by atoms with van der Waals surface area (Å²) in [7, 11) is 0. The SMILES string of the molecule is O=C(CCCCl)NC12CC(N3C[C@H]4CNCCN4C3=O)(C1)C2. The first kappa shape index (κ1) is 14.6. The topological polar surface area (TPSA) is 64.7 Å². The van der Waals surface area contributed by atoms with E-state index >= 15 is 0 Å². The Morgan fingerprint density at radius 3 is 2.86 bits per heavy atom. The van der Waals surface area contributed by atoms with Crippen LogP contribution < -0.4 is 10.6 Å². The maximum atomic E-state index is 12.6. The molecule has 0 radical (unpaired) electrons. The summed E-state index contributed by atoms with van der Waals surface area (Å²) in [5.41, 5.74) is -0.0147. The summed E-state index contributed by atoms with van der Waals surface area (Å²) < 4.78 is 0. The summed E-state index contributed by atoms with van der Waals surface area (Å²) >= 11 is 5.62. The highest BCUT2D eigenvalue weighted by molar-refractivity contribution is 6.17. The zero-order chi connectivity index (χ0) is 15.4. The van der Waals surface area contributed by atoms with Gasteiger partial charge in [-0.2, -0.15) is 0 Å². The van der Waals surface area contributed by atoms with Crippen molar-refractivity contribution in [2.75, 3.05) is 32.1 Å². The molecule has 2 aliphatic heterocycles. The zero-order valence-electron chi connectivity index (χ0n) is 12.7. The van der Waals surface area contributed by atoms with E-state index in [2.05, 4.69) is 15.5 Å². The Morgan fingerprint density at radius 1 is 1.41 bits per heavy atom. The molecule has 2 N–H and O–H groups in total. The Kier molecular flexibility index (Phi) is 3.31. The molecule has 0 aromatic heterocycles. The van der Waals surface area contributed by atoms with Crippen molar-refractivity contribution in [1.29, 1.82) is 0 Å². The fourth-order valence-electron chi connectivity index (χ4n) is 4.76. The number of urea groups is 1. The van der Waals surface area contributed by atoms with Crippen LogP contribution in [-0.4, -0.2) is 70.9 Å². The summed E-state index contributed by atoms with van der Waals surface area (Å²) in [5, 5.41) is 6.52. The first-order valence-electron chi connectivity index (χ1n) is 8.24. The number of hydrogen-bond acceptors (Lipinski definition) is 3. The van der Waals surface area contributed by atoms with Crippen molar-refractivity contribution in [2.24, 2.45) is 0 Å². The van der Waals surface area contributed by atoms with E-state index in [0.29, 0.717) is 18.3 Å². The average Bonchev–Trinajstić information content (AvgIpc) is 2.77. The van der Waals surface area contributed by atoms with E-state index in [4.69, 9.17) is 11.6 Å². The third-order valence-corrected chi connectivity index (χ3v) is 6.00. The number of hydrogen-bond donors (Lipinski definition) is 2. The molecule has 0 spiro atoms. The Morgan fingerprint density at radius 2 is 2.18 bits per heavy atom. The molecule has 3 saturated carbocycles. The third kappa shape index (κ3) is 2.03. The summed E-state index contributed by atoms with van der Waals surface area (Å²) in [6.45, 7) is 3.45. The van der Waals surface area contributed by atoms with Crippen molar-refractivity contribution in [3.05, 3.63) is 0 Å². The molecular weight excluding hydrogens is 304 g/mol. The minimum Gasteiger partial charge on any atom is -0.350 e. The normalized spacial score (nSPS) is 39.1. The van der Waals surface area contributed by atoms with E-state index in [1.807, 2.05) is 4.90 Å². The van der Waals surface area contributed by atoms with Gasteiger partial charge in [0.25, 0.3) is 0 Å². The van der Waals surface area contributed by atoms with Gasteiger partial charge in [0.15, 0.2) is 0 Å². The van der Waals surface area contributed by atoms with Crippen molar-refractivity contribution in [3.8, 4) is 0 Å². The molecule has 22 heavy (non-hydrogen) atoms. The first-order chi connectivity index (χ1) is 10.6. The maximum Gasteiger partial charge on any atom is 0.320 e. The second kappa shape index (κ2) is 4.99. The number of carbonyl (C=O) groups excluding carboxylic acids is 2. The number of nitrogens with zero attached hydrogens (tertiary/aromatic N) is 2. The van der Waals surface area contributed by atoms with Gasteiger partial charge in [-0.1, -0.05) is 0 Å². The van der Waals surface area contributed by atoms with Crippen LogP contribution in [0.3, 0.4) is 0 Å². The van der Waals surface area contributed by atoms with E-state index in [-0.39, 0.29) is 23.0 Å². The quantitative estimate of drug-likeness (QED) is 0.723. The molecule has 3 amide bonds. The summed E-state index contributed by atoms with van der Waals surface area (Å²) in [4.78, 5) is 28.6. The van der Waals surface area contributed by atoms with E-state index in [1.54, 1.807) is 0 Å². The maximum absolute atomic E-state index is 12.6. The lowest BCUT2D eigenvalue weighted by Crippen LogP contribution is -2.84. The fraction of sp³-hybridized carbons (Fsp3) is 0.867. The lowest BCUT2D eigenvalue weighted by Gasteiger charge is -2.72. The van der Waals surface area contributed by atoms with Crippen molar-refractivity contribution < 1.29 is 9.59 Å². The number of amides is 3. The van der Waals surface area contributed by atoms with Gasteiger partial charge in [-0.25, -0.2) is 4.79 Å². The predicted molar refractivity (Wildman–Crippen MR) is 82.9 cm³/mol. The van der Waals surface area contributed by atoms with Crippen LogP contribution in [0.2, 0.25) is 0 Å². The molecule has 1 atom stereocenters. The van der Waals surface area contributed by atoms with Crippen molar-refractivity contribution in [3.63, 3.8) is 0 Å². The van der Waals surface area contributed by atoms with Gasteiger partial charge in [0.1, 0.15) is 0 Å². The number of halogens is 1. The van der Waals surface area contributed by atoms with Crippen LogP contribution >= 0.6 is 11.6 Å². The van der Waals surface area contributed by atoms with Crippen LogP contribution in [0, 0.1) is 0 Å². The minimum absolute atomic E-state index is 0.0220. The van der Waals surface area contributed by atoms with Gasteiger partial charge in [0.05, 0.1) is 11.6 Å². The molecule has 7 heteroatoms. The number of alkyl halides is 1. The van der Waals surface area contributed by atoms with Gasteiger partial charge in [0.2, 0.25) is 5.91 Å². The molecule has 2 heterocycles. The summed E-state index contributed by atoms with van der Waals surface area (Å²) in [6, 6.07) is 0.526. The van der Waals surface area contributed by atoms with Crippen molar-refractivity contribution in [1.82, 2.24) is 20.4 Å². The van der Waals surface area contributed by atoms with Crippen LogP contribution in [0.4, 0.5) is 4.79 Å². The van der Waals surface area contributed by atoms with E-state index in [1.165, 1.54) is 0 Å². The van der Waals surface area contributed by atoms with Gasteiger partial charge in [0, 0.05) is 44.0 Å². The van der Waals surface area contributed by atoms with E-state index in [9.17, 15) is 9.59 Å². The Hall–Kier alpha value is -1.01. The third-order valence-electron chi connectivity index (χ3n) is 5.74. The number of fused-ring (bicyclic) bond motifs is 1. The van der Waals surface area contributed by atoms with Crippen LogP contribution in [0.1, 0.15) is 32.1 Å². The van der Waals surface area contributed by atoms with Crippen LogP contribution in [-0.2, 0) is 4.79 Å². The molecule has 0 aromatic rings. The molecule has 5 fully saturated rings. The zero-order valence-corrected chi connectivity index (χ0v) is 13.5. The van der Waals surface area contributed by atoms with E-state index in [0.717, 1.165) is 51.9 Å². The molecule has 3 aliphatic carbocycles.